The first-order chi connectivity index (χ1) is 7.15. The van der Waals surface area contributed by atoms with Gasteiger partial charge in [0.05, 0.1) is 12.0 Å². The van der Waals surface area contributed by atoms with Gasteiger partial charge in [-0.15, -0.1) is 11.6 Å². The van der Waals surface area contributed by atoms with Crippen LogP contribution in [0.5, 0.6) is 0 Å². The van der Waals surface area contributed by atoms with Gasteiger partial charge in [0.2, 0.25) is 0 Å². The first kappa shape index (κ1) is 11.4. The molecule has 0 spiro atoms. The van der Waals surface area contributed by atoms with E-state index in [-0.39, 0.29) is 17.6 Å². The van der Waals surface area contributed by atoms with Crippen molar-refractivity contribution in [3.63, 3.8) is 0 Å². The summed E-state index contributed by atoms with van der Waals surface area (Å²) in [7, 11) is 0. The third-order valence-electron chi connectivity index (χ3n) is 2.74. The monoisotopic (exact) mass is 292 g/mol. The van der Waals surface area contributed by atoms with Gasteiger partial charge in [-0.2, -0.15) is 0 Å². The lowest BCUT2D eigenvalue weighted by atomic mass is 10.0. The maximum Gasteiger partial charge on any atom is 0.134 e. The van der Waals surface area contributed by atoms with Gasteiger partial charge < -0.3 is 5.11 Å². The third kappa shape index (κ3) is 2.19. The lowest BCUT2D eigenvalue weighted by molar-refractivity contribution is 0.149. The number of benzene rings is 1. The summed E-state index contributed by atoms with van der Waals surface area (Å²) in [6.45, 7) is 0. The van der Waals surface area contributed by atoms with Crippen LogP contribution in [0.3, 0.4) is 0 Å². The topological polar surface area (TPSA) is 20.2 Å². The summed E-state index contributed by atoms with van der Waals surface area (Å²) in [5, 5.41) is 9.85. The summed E-state index contributed by atoms with van der Waals surface area (Å²) in [5.74, 6) is -0.0416. The van der Waals surface area contributed by atoms with Gasteiger partial charge in [0.25, 0.3) is 0 Å². The van der Waals surface area contributed by atoms with Crippen molar-refractivity contribution in [3.8, 4) is 0 Å². The van der Waals surface area contributed by atoms with Crippen molar-refractivity contribution in [1.29, 1.82) is 0 Å². The molecule has 0 aromatic heterocycles. The maximum atomic E-state index is 13.9. The van der Waals surface area contributed by atoms with Crippen molar-refractivity contribution >= 4 is 27.5 Å². The number of aliphatic hydroxyl groups excluding tert-OH is 1. The van der Waals surface area contributed by atoms with E-state index in [0.717, 1.165) is 12.8 Å². The Morgan fingerprint density at radius 1 is 1.53 bits per heavy atom. The number of alkyl halides is 1. The fraction of sp³-hybridized carbons (Fsp3) is 0.455. The number of rotatable bonds is 3. The van der Waals surface area contributed by atoms with Gasteiger partial charge >= 0.3 is 0 Å². The van der Waals surface area contributed by atoms with Gasteiger partial charge in [0.1, 0.15) is 5.82 Å². The van der Waals surface area contributed by atoms with Crippen LogP contribution in [0.1, 0.15) is 30.1 Å². The molecule has 1 saturated carbocycles. The highest BCUT2D eigenvalue weighted by Crippen LogP contribution is 2.42. The Morgan fingerprint density at radius 3 is 2.73 bits per heavy atom. The summed E-state index contributed by atoms with van der Waals surface area (Å²) < 4.78 is 14.6. The average Bonchev–Trinajstić information content (AvgIpc) is 3.01. The SMILES string of the molecule is OC(c1ccc(Br)c(CCl)c1F)C1CC1. The van der Waals surface area contributed by atoms with Crippen LogP contribution in [0.15, 0.2) is 16.6 Å². The molecule has 1 aromatic rings. The largest absolute Gasteiger partial charge is 0.388 e. The minimum absolute atomic E-state index is 0.109. The first-order valence-electron chi connectivity index (χ1n) is 4.86. The molecule has 0 amide bonds. The van der Waals surface area contributed by atoms with Crippen LogP contribution >= 0.6 is 27.5 Å². The van der Waals surface area contributed by atoms with E-state index in [4.69, 9.17) is 11.6 Å². The van der Waals surface area contributed by atoms with Gasteiger partial charge in [0, 0.05) is 15.6 Å². The summed E-state index contributed by atoms with van der Waals surface area (Å²) in [4.78, 5) is 0. The van der Waals surface area contributed by atoms with Crippen molar-refractivity contribution in [2.75, 3.05) is 0 Å². The van der Waals surface area contributed by atoms with E-state index in [1.165, 1.54) is 0 Å². The summed E-state index contributed by atoms with van der Waals surface area (Å²) >= 11 is 8.89. The molecule has 4 heteroatoms. The number of hydrogen-bond donors (Lipinski definition) is 1. The minimum Gasteiger partial charge on any atom is -0.388 e. The Morgan fingerprint density at radius 2 is 2.20 bits per heavy atom. The lowest BCUT2D eigenvalue weighted by Crippen LogP contribution is -2.05. The van der Waals surface area contributed by atoms with Crippen molar-refractivity contribution in [2.45, 2.75) is 24.8 Å². The molecule has 15 heavy (non-hydrogen) atoms. The second-order valence-corrected chi connectivity index (χ2v) is 4.97. The molecule has 1 fully saturated rings. The van der Waals surface area contributed by atoms with Crippen LogP contribution < -0.4 is 0 Å². The van der Waals surface area contributed by atoms with Gasteiger partial charge in [-0.1, -0.05) is 22.0 Å². The molecule has 1 aliphatic rings. The molecule has 1 aliphatic carbocycles. The van der Waals surface area contributed by atoms with E-state index >= 15 is 0 Å². The quantitative estimate of drug-likeness (QED) is 0.841. The smallest absolute Gasteiger partial charge is 0.134 e. The van der Waals surface area contributed by atoms with Crippen molar-refractivity contribution in [2.24, 2.45) is 5.92 Å². The highest BCUT2D eigenvalue weighted by atomic mass is 79.9. The average molecular weight is 294 g/mol. The molecule has 1 unspecified atom stereocenters. The van der Waals surface area contributed by atoms with Crippen LogP contribution in [0.25, 0.3) is 0 Å². The fourth-order valence-electron chi connectivity index (χ4n) is 1.63. The van der Waals surface area contributed by atoms with E-state index in [9.17, 15) is 9.50 Å². The molecular formula is C11H11BrClFO. The predicted molar refractivity (Wildman–Crippen MR) is 61.3 cm³/mol. The molecule has 0 aliphatic heterocycles. The second kappa shape index (κ2) is 4.40. The molecule has 1 nitrogen and oxygen atoms in total. The van der Waals surface area contributed by atoms with E-state index in [1.807, 2.05) is 0 Å². The van der Waals surface area contributed by atoms with Gasteiger partial charge in [-0.3, -0.25) is 0 Å². The third-order valence-corrected chi connectivity index (χ3v) is 3.75. The van der Waals surface area contributed by atoms with E-state index in [0.29, 0.717) is 15.6 Å². The zero-order valence-electron chi connectivity index (χ0n) is 8.01. The molecule has 1 N–H and O–H groups in total. The molecular weight excluding hydrogens is 282 g/mol. The van der Waals surface area contributed by atoms with Crippen LogP contribution in [-0.2, 0) is 5.88 Å². The summed E-state index contributed by atoms with van der Waals surface area (Å²) in [5.41, 5.74) is 0.796. The zero-order valence-corrected chi connectivity index (χ0v) is 10.4. The molecule has 1 aromatic carbocycles. The minimum atomic E-state index is -0.680. The molecule has 1 atom stereocenters. The lowest BCUT2D eigenvalue weighted by Gasteiger charge is -2.13. The van der Waals surface area contributed by atoms with E-state index in [1.54, 1.807) is 12.1 Å². The Balaban J connectivity index is 2.39. The second-order valence-electron chi connectivity index (χ2n) is 3.85. The van der Waals surface area contributed by atoms with E-state index in [2.05, 4.69) is 15.9 Å². The highest BCUT2D eigenvalue weighted by Gasteiger charge is 2.33. The van der Waals surface area contributed by atoms with Gasteiger partial charge in [0.15, 0.2) is 0 Å². The van der Waals surface area contributed by atoms with Crippen LogP contribution in [0, 0.1) is 11.7 Å². The first-order valence-corrected chi connectivity index (χ1v) is 6.18. The zero-order chi connectivity index (χ0) is 11.0. The van der Waals surface area contributed by atoms with Crippen LogP contribution in [0.2, 0.25) is 0 Å². The Kier molecular flexibility index (Phi) is 3.33. The standard InChI is InChI=1S/C11H11BrClFO/c12-9-4-3-7(10(14)8(9)5-13)11(15)6-1-2-6/h3-4,6,11,15H,1-2,5H2. The van der Waals surface area contributed by atoms with Gasteiger partial charge in [-0.25, -0.2) is 4.39 Å². The van der Waals surface area contributed by atoms with Crippen molar-refractivity contribution in [1.82, 2.24) is 0 Å². The Hall–Kier alpha value is -0.120. The van der Waals surface area contributed by atoms with Gasteiger partial charge in [-0.05, 0) is 24.8 Å². The molecule has 0 bridgehead atoms. The van der Waals surface area contributed by atoms with Crippen molar-refractivity contribution < 1.29 is 9.50 Å². The molecule has 2 rings (SSSR count). The number of halogens is 3. The molecule has 0 saturated heterocycles. The van der Waals surface area contributed by atoms with Crippen molar-refractivity contribution in [3.05, 3.63) is 33.5 Å². The normalized spacial score (nSPS) is 17.9. The fourth-order valence-corrected chi connectivity index (χ4v) is 2.50. The van der Waals surface area contributed by atoms with Crippen LogP contribution in [0.4, 0.5) is 4.39 Å². The Labute approximate surface area is 101 Å². The van der Waals surface area contributed by atoms with E-state index < -0.39 is 6.10 Å². The Bertz CT molecular complexity index is 379. The molecule has 82 valence electrons. The maximum absolute atomic E-state index is 13.9. The predicted octanol–water partition coefficient (Wildman–Crippen LogP) is 3.77. The number of aliphatic hydroxyl groups is 1. The van der Waals surface area contributed by atoms with Crippen LogP contribution in [-0.4, -0.2) is 5.11 Å². The summed E-state index contributed by atoms with van der Waals surface area (Å²) in [6, 6.07) is 3.36. The number of hydrogen-bond acceptors (Lipinski definition) is 1. The molecule has 0 heterocycles. The highest BCUT2D eigenvalue weighted by molar-refractivity contribution is 9.10. The molecule has 0 radical (unpaired) electrons. The summed E-state index contributed by atoms with van der Waals surface area (Å²) in [6.07, 6.45) is 1.28.